The zero-order chi connectivity index (χ0) is 12.4. The van der Waals surface area contributed by atoms with Crippen LogP contribution in [0.3, 0.4) is 0 Å². The van der Waals surface area contributed by atoms with Crippen molar-refractivity contribution in [3.8, 4) is 0 Å². The molecule has 0 saturated carbocycles. The Morgan fingerprint density at radius 1 is 0.706 bits per heavy atom. The Morgan fingerprint density at radius 2 is 1.12 bits per heavy atom. The topological polar surface area (TPSA) is 0 Å². The number of rotatable bonds is 0. The van der Waals surface area contributed by atoms with E-state index in [9.17, 15) is 0 Å². The van der Waals surface area contributed by atoms with Gasteiger partial charge in [-0.2, -0.15) is 0 Å². The van der Waals surface area contributed by atoms with Crippen LogP contribution in [0.1, 0.15) is 25.0 Å². The zero-order valence-corrected chi connectivity index (χ0v) is 11.7. The van der Waals surface area contributed by atoms with Gasteiger partial charge in [-0.3, -0.25) is 0 Å². The van der Waals surface area contributed by atoms with Gasteiger partial charge >= 0.3 is 0 Å². The smallest absolute Gasteiger partial charge is 0.0358 e. The van der Waals surface area contributed by atoms with Crippen LogP contribution in [0.15, 0.2) is 36.4 Å². The molecule has 1 heterocycles. The maximum absolute atomic E-state index is 2.27. The molecule has 3 aromatic rings. The van der Waals surface area contributed by atoms with Crippen molar-refractivity contribution in [1.82, 2.24) is 0 Å². The van der Waals surface area contributed by atoms with Gasteiger partial charge < -0.3 is 0 Å². The molecule has 0 saturated heterocycles. The normalized spacial score (nSPS) is 10.4. The molecule has 17 heavy (non-hydrogen) atoms. The van der Waals surface area contributed by atoms with Gasteiger partial charge in [0.25, 0.3) is 0 Å². The summed E-state index contributed by atoms with van der Waals surface area (Å²) < 4.78 is 2.80. The number of thiophene rings is 1. The van der Waals surface area contributed by atoms with Crippen LogP contribution in [0.25, 0.3) is 20.2 Å². The number of aryl methyl sites for hydroxylation is 2. The molecule has 0 amide bonds. The van der Waals surface area contributed by atoms with Gasteiger partial charge in [0, 0.05) is 20.2 Å². The minimum absolute atomic E-state index is 1.34. The third kappa shape index (κ3) is 2.20. The average Bonchev–Trinajstić information content (AvgIpc) is 2.67. The highest BCUT2D eigenvalue weighted by Gasteiger charge is 2.04. The molecule has 0 aliphatic heterocycles. The van der Waals surface area contributed by atoms with E-state index in [1.165, 1.54) is 31.3 Å². The lowest BCUT2D eigenvalue weighted by Crippen LogP contribution is -1.71. The van der Waals surface area contributed by atoms with Crippen LogP contribution in [0, 0.1) is 13.8 Å². The summed E-state index contributed by atoms with van der Waals surface area (Å²) in [6.45, 7) is 8.30. The van der Waals surface area contributed by atoms with E-state index in [0.29, 0.717) is 0 Å². The summed E-state index contributed by atoms with van der Waals surface area (Å²) in [7, 11) is 0. The van der Waals surface area contributed by atoms with Crippen LogP contribution in [0.2, 0.25) is 0 Å². The van der Waals surface area contributed by atoms with Crippen molar-refractivity contribution in [2.75, 3.05) is 0 Å². The minimum atomic E-state index is 1.34. The van der Waals surface area contributed by atoms with Crippen LogP contribution >= 0.6 is 11.3 Å². The molecule has 0 atom stereocenters. The molecule has 0 unspecified atom stereocenters. The third-order valence-electron chi connectivity index (χ3n) is 2.78. The summed E-state index contributed by atoms with van der Waals surface area (Å²) in [4.78, 5) is 0. The Morgan fingerprint density at radius 3 is 1.53 bits per heavy atom. The molecule has 0 fully saturated rings. The molecule has 0 nitrogen and oxygen atoms in total. The molecule has 0 aliphatic carbocycles. The number of benzene rings is 2. The lowest BCUT2D eigenvalue weighted by Gasteiger charge is -1.94. The molecule has 0 N–H and O–H groups in total. The van der Waals surface area contributed by atoms with E-state index in [0.717, 1.165) is 0 Å². The second kappa shape index (κ2) is 4.89. The van der Waals surface area contributed by atoms with Crippen LogP contribution in [-0.2, 0) is 0 Å². The van der Waals surface area contributed by atoms with E-state index in [-0.39, 0.29) is 0 Å². The maximum atomic E-state index is 2.27. The lowest BCUT2D eigenvalue weighted by atomic mass is 10.1. The largest absolute Gasteiger partial charge is 0.135 e. The Balaban J connectivity index is 0.000000514. The van der Waals surface area contributed by atoms with E-state index in [2.05, 4.69) is 50.2 Å². The minimum Gasteiger partial charge on any atom is -0.135 e. The van der Waals surface area contributed by atoms with Crippen LogP contribution < -0.4 is 0 Å². The molecule has 88 valence electrons. The van der Waals surface area contributed by atoms with Gasteiger partial charge in [0.15, 0.2) is 0 Å². The van der Waals surface area contributed by atoms with Crippen LogP contribution in [0.5, 0.6) is 0 Å². The summed E-state index contributed by atoms with van der Waals surface area (Å²) in [5, 5.41) is 2.78. The molecule has 3 rings (SSSR count). The zero-order valence-electron chi connectivity index (χ0n) is 10.9. The highest BCUT2D eigenvalue weighted by atomic mass is 32.1. The molecule has 1 heteroatoms. The second-order valence-electron chi connectivity index (χ2n) is 4.10. The standard InChI is InChI=1S/C14H12S.C2H6/c1-9-3-5-11-12-6-4-10(2)8-14(12)15-13(11)7-9;1-2/h3-8H,1-2H3;1-2H3. The fraction of sp³-hybridized carbons (Fsp3) is 0.250. The molecular formula is C16H18S. The van der Waals surface area contributed by atoms with Crippen molar-refractivity contribution in [2.24, 2.45) is 0 Å². The highest BCUT2D eigenvalue weighted by molar-refractivity contribution is 7.25. The van der Waals surface area contributed by atoms with Crippen molar-refractivity contribution in [1.29, 1.82) is 0 Å². The average molecular weight is 242 g/mol. The number of hydrogen-bond donors (Lipinski definition) is 0. The van der Waals surface area contributed by atoms with Gasteiger partial charge in [0.2, 0.25) is 0 Å². The van der Waals surface area contributed by atoms with Crippen LogP contribution in [-0.4, -0.2) is 0 Å². The van der Waals surface area contributed by atoms with Crippen molar-refractivity contribution < 1.29 is 0 Å². The van der Waals surface area contributed by atoms with E-state index >= 15 is 0 Å². The van der Waals surface area contributed by atoms with Gasteiger partial charge in [0.1, 0.15) is 0 Å². The van der Waals surface area contributed by atoms with Crippen molar-refractivity contribution in [3.63, 3.8) is 0 Å². The van der Waals surface area contributed by atoms with E-state index in [1.54, 1.807) is 0 Å². The SMILES string of the molecule is CC.Cc1ccc2c(c1)sc1cc(C)ccc12. The summed E-state index contributed by atoms with van der Waals surface area (Å²) in [6.07, 6.45) is 0. The van der Waals surface area contributed by atoms with Gasteiger partial charge in [0.05, 0.1) is 0 Å². The highest BCUT2D eigenvalue weighted by Crippen LogP contribution is 2.34. The van der Waals surface area contributed by atoms with Gasteiger partial charge in [-0.05, 0) is 37.1 Å². The molecule has 0 bridgehead atoms. The summed E-state index contributed by atoms with van der Waals surface area (Å²) in [5.41, 5.74) is 2.68. The molecule has 0 aliphatic rings. The molecular weight excluding hydrogens is 224 g/mol. The number of fused-ring (bicyclic) bond motifs is 3. The molecule has 2 aromatic carbocycles. The van der Waals surface area contributed by atoms with Crippen molar-refractivity contribution in [2.45, 2.75) is 27.7 Å². The molecule has 1 aromatic heterocycles. The predicted octanol–water partition coefficient (Wildman–Crippen LogP) is 5.70. The first-order valence-electron chi connectivity index (χ1n) is 6.13. The van der Waals surface area contributed by atoms with E-state index < -0.39 is 0 Å². The Hall–Kier alpha value is -1.34. The predicted molar refractivity (Wildman–Crippen MR) is 80.2 cm³/mol. The number of hydrogen-bond acceptors (Lipinski definition) is 1. The summed E-state index contributed by atoms with van der Waals surface area (Å²) >= 11 is 1.89. The molecule has 0 spiro atoms. The monoisotopic (exact) mass is 242 g/mol. The Labute approximate surface area is 107 Å². The van der Waals surface area contributed by atoms with Gasteiger partial charge in [-0.1, -0.05) is 38.1 Å². The summed E-state index contributed by atoms with van der Waals surface area (Å²) in [6, 6.07) is 13.4. The van der Waals surface area contributed by atoms with Crippen LogP contribution in [0.4, 0.5) is 0 Å². The Bertz CT molecular complexity index is 591. The maximum Gasteiger partial charge on any atom is 0.0358 e. The lowest BCUT2D eigenvalue weighted by molar-refractivity contribution is 1.50. The Kier molecular flexibility index (Phi) is 3.49. The third-order valence-corrected chi connectivity index (χ3v) is 3.90. The van der Waals surface area contributed by atoms with E-state index in [1.807, 2.05) is 25.2 Å². The van der Waals surface area contributed by atoms with Crippen molar-refractivity contribution in [3.05, 3.63) is 47.5 Å². The first-order chi connectivity index (χ1) is 8.24. The second-order valence-corrected chi connectivity index (χ2v) is 5.19. The van der Waals surface area contributed by atoms with Gasteiger partial charge in [-0.25, -0.2) is 0 Å². The van der Waals surface area contributed by atoms with Gasteiger partial charge in [-0.15, -0.1) is 11.3 Å². The van der Waals surface area contributed by atoms with E-state index in [4.69, 9.17) is 0 Å². The summed E-state index contributed by atoms with van der Waals surface area (Å²) in [5.74, 6) is 0. The molecule has 0 radical (unpaired) electrons. The fourth-order valence-corrected chi connectivity index (χ4v) is 3.29. The first kappa shape index (κ1) is 12.1. The first-order valence-corrected chi connectivity index (χ1v) is 6.95. The van der Waals surface area contributed by atoms with Crippen molar-refractivity contribution >= 4 is 31.5 Å². The fourth-order valence-electron chi connectivity index (χ4n) is 1.99. The quantitative estimate of drug-likeness (QED) is 0.474.